The molecule has 1 atom stereocenters. The number of rotatable bonds is 5. The molecule has 0 amide bonds. The summed E-state index contributed by atoms with van der Waals surface area (Å²) in [6, 6.07) is 3.38. The van der Waals surface area contributed by atoms with Crippen LogP contribution in [0.1, 0.15) is 42.2 Å². The van der Waals surface area contributed by atoms with Crippen molar-refractivity contribution < 1.29 is 18.7 Å². The minimum Gasteiger partial charge on any atom is -0.463 e. The van der Waals surface area contributed by atoms with Crippen molar-refractivity contribution in [1.82, 2.24) is 5.32 Å². The molecule has 5 heteroatoms. The molecule has 1 aliphatic rings. The number of hydrogen-bond acceptors (Lipinski definition) is 5. The zero-order chi connectivity index (χ0) is 13.7. The molecular weight excluding hydrogens is 246 g/mol. The van der Waals surface area contributed by atoms with Crippen molar-refractivity contribution in [3.8, 4) is 0 Å². The van der Waals surface area contributed by atoms with Crippen LogP contribution >= 0.6 is 0 Å². The van der Waals surface area contributed by atoms with Crippen LogP contribution in [0.3, 0.4) is 0 Å². The molecule has 2 rings (SSSR count). The van der Waals surface area contributed by atoms with E-state index in [2.05, 4.69) is 10.1 Å². The van der Waals surface area contributed by atoms with E-state index in [9.17, 15) is 4.79 Å². The lowest BCUT2D eigenvalue weighted by Gasteiger charge is -2.23. The Morgan fingerprint density at radius 1 is 1.47 bits per heavy atom. The molecule has 1 aliphatic heterocycles. The first-order valence-electron chi connectivity index (χ1n) is 6.71. The predicted molar refractivity (Wildman–Crippen MR) is 70.0 cm³/mol. The second-order valence-corrected chi connectivity index (χ2v) is 4.86. The fourth-order valence-electron chi connectivity index (χ4n) is 2.19. The van der Waals surface area contributed by atoms with Gasteiger partial charge in [0.1, 0.15) is 11.9 Å². The zero-order valence-electron chi connectivity index (χ0n) is 11.5. The summed E-state index contributed by atoms with van der Waals surface area (Å²) in [4.78, 5) is 11.3. The van der Waals surface area contributed by atoms with Gasteiger partial charge in [-0.1, -0.05) is 0 Å². The van der Waals surface area contributed by atoms with E-state index in [1.54, 1.807) is 12.1 Å². The van der Waals surface area contributed by atoms with Crippen LogP contribution < -0.4 is 5.32 Å². The molecule has 0 spiro atoms. The molecular formula is C14H21NO4. The van der Waals surface area contributed by atoms with Gasteiger partial charge in [-0.2, -0.15) is 0 Å². The number of carbonyl (C=O) groups excluding carboxylic acids is 1. The van der Waals surface area contributed by atoms with Crippen LogP contribution in [0.25, 0.3) is 0 Å². The minimum absolute atomic E-state index is 0.145. The van der Waals surface area contributed by atoms with E-state index in [1.807, 2.05) is 6.92 Å². The minimum atomic E-state index is -0.461. The maximum Gasteiger partial charge on any atom is 0.373 e. The lowest BCUT2D eigenvalue weighted by molar-refractivity contribution is 0.0188. The Labute approximate surface area is 113 Å². The van der Waals surface area contributed by atoms with Gasteiger partial charge >= 0.3 is 5.97 Å². The van der Waals surface area contributed by atoms with Gasteiger partial charge < -0.3 is 19.2 Å². The predicted octanol–water partition coefficient (Wildman–Crippen LogP) is 2.14. The third kappa shape index (κ3) is 3.81. The molecule has 1 fully saturated rings. The summed E-state index contributed by atoms with van der Waals surface area (Å²) in [6.07, 6.45) is 2.16. The molecule has 1 saturated heterocycles. The smallest absolute Gasteiger partial charge is 0.373 e. The highest BCUT2D eigenvalue weighted by molar-refractivity contribution is 5.86. The number of furan rings is 1. The van der Waals surface area contributed by atoms with E-state index < -0.39 is 5.97 Å². The first kappa shape index (κ1) is 14.1. The van der Waals surface area contributed by atoms with E-state index >= 15 is 0 Å². The Bertz CT molecular complexity index is 409. The molecule has 19 heavy (non-hydrogen) atoms. The summed E-state index contributed by atoms with van der Waals surface area (Å²) >= 11 is 0. The quantitative estimate of drug-likeness (QED) is 0.828. The SMILES string of the molecule is COC(=O)c1ccc(C(C)OCC2CCNCC2)o1. The van der Waals surface area contributed by atoms with Crippen LogP contribution in [0.4, 0.5) is 0 Å². The van der Waals surface area contributed by atoms with Crippen LogP contribution in [0.2, 0.25) is 0 Å². The monoisotopic (exact) mass is 267 g/mol. The normalized spacial score (nSPS) is 18.2. The van der Waals surface area contributed by atoms with Gasteiger partial charge in [0.25, 0.3) is 0 Å². The number of hydrogen-bond donors (Lipinski definition) is 1. The molecule has 0 aliphatic carbocycles. The Balaban J connectivity index is 1.83. The van der Waals surface area contributed by atoms with Gasteiger partial charge in [-0.05, 0) is 50.9 Å². The number of carbonyl (C=O) groups is 1. The lowest BCUT2D eigenvalue weighted by Crippen LogP contribution is -2.30. The van der Waals surface area contributed by atoms with Crippen LogP contribution in [0.15, 0.2) is 16.5 Å². The fourth-order valence-corrected chi connectivity index (χ4v) is 2.19. The highest BCUT2D eigenvalue weighted by Crippen LogP contribution is 2.22. The number of piperidine rings is 1. The molecule has 1 N–H and O–H groups in total. The van der Waals surface area contributed by atoms with Gasteiger partial charge in [0.2, 0.25) is 5.76 Å². The maximum absolute atomic E-state index is 11.3. The Hall–Kier alpha value is -1.33. The van der Waals surface area contributed by atoms with Gasteiger partial charge in [0.15, 0.2) is 0 Å². The lowest BCUT2D eigenvalue weighted by atomic mass is 9.99. The average Bonchev–Trinajstić information content (AvgIpc) is 2.95. The summed E-state index contributed by atoms with van der Waals surface area (Å²) in [5.41, 5.74) is 0. The third-order valence-electron chi connectivity index (χ3n) is 3.45. The summed E-state index contributed by atoms with van der Waals surface area (Å²) in [5.74, 6) is 1.03. The van der Waals surface area contributed by atoms with Gasteiger partial charge in [0.05, 0.1) is 13.7 Å². The number of esters is 1. The highest BCUT2D eigenvalue weighted by atomic mass is 16.5. The number of nitrogens with one attached hydrogen (secondary N) is 1. The molecule has 2 heterocycles. The van der Waals surface area contributed by atoms with Gasteiger partial charge in [-0.3, -0.25) is 0 Å². The van der Waals surface area contributed by atoms with Crippen molar-refractivity contribution in [2.45, 2.75) is 25.9 Å². The highest BCUT2D eigenvalue weighted by Gasteiger charge is 2.18. The fraction of sp³-hybridized carbons (Fsp3) is 0.643. The van der Waals surface area contributed by atoms with Gasteiger partial charge in [0, 0.05) is 0 Å². The zero-order valence-corrected chi connectivity index (χ0v) is 11.5. The molecule has 0 saturated carbocycles. The molecule has 0 aromatic carbocycles. The van der Waals surface area contributed by atoms with Crippen molar-refractivity contribution in [3.63, 3.8) is 0 Å². The standard InChI is InChI=1S/C14H21NO4/c1-10(18-9-11-5-7-15-8-6-11)12-3-4-13(19-12)14(16)17-2/h3-4,10-11,15H,5-9H2,1-2H3. The Morgan fingerprint density at radius 2 is 2.21 bits per heavy atom. The van der Waals surface area contributed by atoms with Crippen molar-refractivity contribution in [1.29, 1.82) is 0 Å². The molecule has 1 unspecified atom stereocenters. The molecule has 5 nitrogen and oxygen atoms in total. The molecule has 1 aromatic heterocycles. The van der Waals surface area contributed by atoms with E-state index in [0.29, 0.717) is 11.7 Å². The summed E-state index contributed by atoms with van der Waals surface area (Å²) in [5, 5.41) is 3.33. The second kappa shape index (κ2) is 6.73. The van der Waals surface area contributed by atoms with E-state index in [-0.39, 0.29) is 11.9 Å². The van der Waals surface area contributed by atoms with Gasteiger partial charge in [-0.15, -0.1) is 0 Å². The van der Waals surface area contributed by atoms with Crippen LogP contribution in [0.5, 0.6) is 0 Å². The topological polar surface area (TPSA) is 60.7 Å². The summed E-state index contributed by atoms with van der Waals surface area (Å²) in [6.45, 7) is 4.80. The van der Waals surface area contributed by atoms with Crippen molar-refractivity contribution in [2.75, 3.05) is 26.8 Å². The Morgan fingerprint density at radius 3 is 2.89 bits per heavy atom. The maximum atomic E-state index is 11.3. The molecule has 0 bridgehead atoms. The van der Waals surface area contributed by atoms with Crippen LogP contribution in [0, 0.1) is 5.92 Å². The van der Waals surface area contributed by atoms with Crippen molar-refractivity contribution in [2.24, 2.45) is 5.92 Å². The number of methoxy groups -OCH3 is 1. The second-order valence-electron chi connectivity index (χ2n) is 4.86. The third-order valence-corrected chi connectivity index (χ3v) is 3.45. The summed E-state index contributed by atoms with van der Waals surface area (Å²) < 4.78 is 15.9. The first-order valence-corrected chi connectivity index (χ1v) is 6.71. The summed E-state index contributed by atoms with van der Waals surface area (Å²) in [7, 11) is 1.33. The van der Waals surface area contributed by atoms with Crippen LogP contribution in [-0.2, 0) is 9.47 Å². The van der Waals surface area contributed by atoms with Crippen molar-refractivity contribution >= 4 is 5.97 Å². The Kier molecular flexibility index (Phi) is 4.99. The van der Waals surface area contributed by atoms with E-state index in [0.717, 1.165) is 32.5 Å². The molecule has 106 valence electrons. The average molecular weight is 267 g/mol. The van der Waals surface area contributed by atoms with Crippen LogP contribution in [-0.4, -0.2) is 32.8 Å². The largest absolute Gasteiger partial charge is 0.463 e. The van der Waals surface area contributed by atoms with E-state index in [4.69, 9.17) is 9.15 Å². The number of ether oxygens (including phenoxy) is 2. The molecule has 1 aromatic rings. The van der Waals surface area contributed by atoms with Gasteiger partial charge in [-0.25, -0.2) is 4.79 Å². The van der Waals surface area contributed by atoms with Crippen molar-refractivity contribution in [3.05, 3.63) is 23.7 Å². The first-order chi connectivity index (χ1) is 9.20. The van der Waals surface area contributed by atoms with E-state index in [1.165, 1.54) is 7.11 Å². The molecule has 0 radical (unpaired) electrons.